The van der Waals surface area contributed by atoms with Crippen LogP contribution < -0.4 is 10.2 Å². The SMILES string of the molecule is Cc1cccc(NC(=O)[C@@H](c2ccccc2Cl)[NH+]2CCOCC2)c1. The molecule has 1 atom stereocenters. The number of halogens is 1. The highest BCUT2D eigenvalue weighted by Crippen LogP contribution is 2.22. The monoisotopic (exact) mass is 345 g/mol. The van der Waals surface area contributed by atoms with Gasteiger partial charge in [0.2, 0.25) is 0 Å². The second-order valence-corrected chi connectivity index (χ2v) is 6.49. The first kappa shape index (κ1) is 17.0. The average molecular weight is 346 g/mol. The number of hydrogen-bond acceptors (Lipinski definition) is 2. The Morgan fingerprint density at radius 1 is 1.17 bits per heavy atom. The largest absolute Gasteiger partial charge is 0.370 e. The molecule has 2 N–H and O–H groups in total. The van der Waals surface area contributed by atoms with E-state index in [4.69, 9.17) is 16.3 Å². The number of nitrogens with one attached hydrogen (secondary N) is 2. The number of amides is 1. The number of rotatable bonds is 4. The molecule has 1 heterocycles. The van der Waals surface area contributed by atoms with E-state index < -0.39 is 0 Å². The lowest BCUT2D eigenvalue weighted by atomic mass is 10.0. The van der Waals surface area contributed by atoms with Crippen LogP contribution in [0.3, 0.4) is 0 Å². The summed E-state index contributed by atoms with van der Waals surface area (Å²) >= 11 is 6.39. The van der Waals surface area contributed by atoms with Crippen molar-refractivity contribution >= 4 is 23.2 Å². The van der Waals surface area contributed by atoms with E-state index in [2.05, 4.69) is 5.32 Å². The van der Waals surface area contributed by atoms with Crippen LogP contribution in [0.25, 0.3) is 0 Å². The molecule has 4 nitrogen and oxygen atoms in total. The number of ether oxygens (including phenoxy) is 1. The number of benzene rings is 2. The maximum Gasteiger partial charge on any atom is 0.287 e. The van der Waals surface area contributed by atoms with Crippen molar-refractivity contribution in [3.05, 3.63) is 64.7 Å². The summed E-state index contributed by atoms with van der Waals surface area (Å²) in [5, 5.41) is 3.67. The standard InChI is InChI=1S/C19H21ClN2O2/c1-14-5-4-6-15(13-14)21-19(23)18(22-9-11-24-12-10-22)16-7-2-3-8-17(16)20/h2-8,13,18H,9-12H2,1H3,(H,21,23)/p+1/t18-/m1/s1. The molecule has 0 radical (unpaired) electrons. The van der Waals surface area contributed by atoms with Gasteiger partial charge in [0.05, 0.1) is 18.2 Å². The number of aryl methyl sites for hydroxylation is 1. The Bertz CT molecular complexity index is 714. The molecule has 1 aliphatic heterocycles. The van der Waals surface area contributed by atoms with Gasteiger partial charge in [-0.2, -0.15) is 0 Å². The first-order chi connectivity index (χ1) is 11.6. The van der Waals surface area contributed by atoms with Crippen LogP contribution in [0, 0.1) is 6.92 Å². The Kier molecular flexibility index (Phi) is 5.51. The number of hydrogen-bond donors (Lipinski definition) is 2. The van der Waals surface area contributed by atoms with Crippen molar-refractivity contribution < 1.29 is 14.4 Å². The zero-order chi connectivity index (χ0) is 16.9. The predicted octanol–water partition coefficient (Wildman–Crippen LogP) is 2.24. The van der Waals surface area contributed by atoms with Gasteiger partial charge in [0, 0.05) is 11.3 Å². The van der Waals surface area contributed by atoms with E-state index in [1.54, 1.807) is 0 Å². The first-order valence-electron chi connectivity index (χ1n) is 8.19. The predicted molar refractivity (Wildman–Crippen MR) is 95.5 cm³/mol. The second-order valence-electron chi connectivity index (χ2n) is 6.08. The molecule has 3 rings (SSSR count). The molecule has 0 aliphatic carbocycles. The van der Waals surface area contributed by atoms with Crippen LogP contribution in [0.2, 0.25) is 5.02 Å². The van der Waals surface area contributed by atoms with Crippen LogP contribution in [0.15, 0.2) is 48.5 Å². The highest BCUT2D eigenvalue weighted by Gasteiger charge is 2.34. The van der Waals surface area contributed by atoms with Gasteiger partial charge in [0.15, 0.2) is 6.04 Å². The van der Waals surface area contributed by atoms with Crippen LogP contribution in [-0.4, -0.2) is 32.2 Å². The van der Waals surface area contributed by atoms with E-state index in [1.807, 2.05) is 55.5 Å². The van der Waals surface area contributed by atoms with Gasteiger partial charge in [-0.25, -0.2) is 0 Å². The molecule has 126 valence electrons. The number of morpholine rings is 1. The van der Waals surface area contributed by atoms with E-state index in [-0.39, 0.29) is 11.9 Å². The van der Waals surface area contributed by atoms with E-state index in [9.17, 15) is 4.79 Å². The molecule has 0 unspecified atom stereocenters. The van der Waals surface area contributed by atoms with Gasteiger partial charge < -0.3 is 15.0 Å². The first-order valence-corrected chi connectivity index (χ1v) is 8.57. The van der Waals surface area contributed by atoms with Crippen molar-refractivity contribution in [3.8, 4) is 0 Å². The van der Waals surface area contributed by atoms with Gasteiger partial charge >= 0.3 is 0 Å². The molecule has 2 aromatic rings. The highest BCUT2D eigenvalue weighted by molar-refractivity contribution is 6.31. The second kappa shape index (κ2) is 7.79. The molecule has 5 heteroatoms. The van der Waals surface area contributed by atoms with Crippen LogP contribution in [-0.2, 0) is 9.53 Å². The molecule has 24 heavy (non-hydrogen) atoms. The van der Waals surface area contributed by atoms with Crippen molar-refractivity contribution in [2.75, 3.05) is 31.6 Å². The summed E-state index contributed by atoms with van der Waals surface area (Å²) in [7, 11) is 0. The lowest BCUT2D eigenvalue weighted by Gasteiger charge is -2.31. The fraction of sp³-hybridized carbons (Fsp3) is 0.316. The molecule has 0 saturated carbocycles. The lowest BCUT2D eigenvalue weighted by molar-refractivity contribution is -0.929. The van der Waals surface area contributed by atoms with E-state index in [1.165, 1.54) is 4.90 Å². The summed E-state index contributed by atoms with van der Waals surface area (Å²) in [6.45, 7) is 4.91. The minimum absolute atomic E-state index is 0.0365. The summed E-state index contributed by atoms with van der Waals surface area (Å²) < 4.78 is 5.44. The molecule has 0 bridgehead atoms. The van der Waals surface area contributed by atoms with Crippen molar-refractivity contribution in [3.63, 3.8) is 0 Å². The number of carbonyl (C=O) groups is 1. The summed E-state index contributed by atoms with van der Waals surface area (Å²) in [5.74, 6) is -0.0365. The maximum absolute atomic E-state index is 13.0. The number of anilines is 1. The van der Waals surface area contributed by atoms with Crippen LogP contribution in [0.5, 0.6) is 0 Å². The third-order valence-corrected chi connectivity index (χ3v) is 4.65. The summed E-state index contributed by atoms with van der Waals surface area (Å²) in [4.78, 5) is 14.2. The zero-order valence-electron chi connectivity index (χ0n) is 13.7. The van der Waals surface area contributed by atoms with Crippen LogP contribution >= 0.6 is 11.6 Å². The van der Waals surface area contributed by atoms with Crippen LogP contribution in [0.1, 0.15) is 17.2 Å². The molecule has 0 aromatic heterocycles. The van der Waals surface area contributed by atoms with E-state index in [0.29, 0.717) is 18.2 Å². The summed E-state index contributed by atoms with van der Waals surface area (Å²) in [5.41, 5.74) is 2.78. The third-order valence-electron chi connectivity index (χ3n) is 4.31. The minimum Gasteiger partial charge on any atom is -0.370 e. The smallest absolute Gasteiger partial charge is 0.287 e. The Hall–Kier alpha value is -1.88. The zero-order valence-corrected chi connectivity index (χ0v) is 14.5. The Morgan fingerprint density at radius 3 is 2.62 bits per heavy atom. The summed E-state index contributed by atoms with van der Waals surface area (Å²) in [6, 6.07) is 15.1. The van der Waals surface area contributed by atoms with Gasteiger partial charge in [-0.3, -0.25) is 4.79 Å². The Labute approximate surface area is 147 Å². The lowest BCUT2D eigenvalue weighted by Crippen LogP contribution is -3.15. The van der Waals surface area contributed by atoms with Crippen molar-refractivity contribution in [1.82, 2.24) is 0 Å². The van der Waals surface area contributed by atoms with Gasteiger partial charge in [-0.05, 0) is 30.7 Å². The van der Waals surface area contributed by atoms with E-state index >= 15 is 0 Å². The quantitative estimate of drug-likeness (QED) is 0.892. The van der Waals surface area contributed by atoms with Gasteiger partial charge in [0.1, 0.15) is 13.1 Å². The topological polar surface area (TPSA) is 42.8 Å². The van der Waals surface area contributed by atoms with Crippen LogP contribution in [0.4, 0.5) is 5.69 Å². The van der Waals surface area contributed by atoms with Gasteiger partial charge in [-0.15, -0.1) is 0 Å². The normalized spacial score (nSPS) is 16.6. The minimum atomic E-state index is -0.344. The molecular weight excluding hydrogens is 324 g/mol. The molecule has 1 amide bonds. The highest BCUT2D eigenvalue weighted by atomic mass is 35.5. The number of carbonyl (C=O) groups excluding carboxylic acids is 1. The Morgan fingerprint density at radius 2 is 1.92 bits per heavy atom. The average Bonchev–Trinajstić information content (AvgIpc) is 2.58. The Balaban J connectivity index is 1.88. The summed E-state index contributed by atoms with van der Waals surface area (Å²) in [6.07, 6.45) is 0. The fourth-order valence-corrected chi connectivity index (χ4v) is 3.36. The van der Waals surface area contributed by atoms with E-state index in [0.717, 1.165) is 29.9 Å². The molecular formula is C19H22ClN2O2+. The molecule has 1 aliphatic rings. The van der Waals surface area contributed by atoms with Crippen molar-refractivity contribution in [2.24, 2.45) is 0 Å². The molecule has 1 fully saturated rings. The fourth-order valence-electron chi connectivity index (χ4n) is 3.12. The van der Waals surface area contributed by atoms with Gasteiger partial charge in [0.25, 0.3) is 5.91 Å². The molecule has 1 saturated heterocycles. The third kappa shape index (κ3) is 3.96. The maximum atomic E-state index is 13.0. The van der Waals surface area contributed by atoms with Gasteiger partial charge in [-0.1, -0.05) is 41.9 Å². The molecule has 0 spiro atoms. The number of quaternary nitrogens is 1. The van der Waals surface area contributed by atoms with Crippen molar-refractivity contribution in [2.45, 2.75) is 13.0 Å². The van der Waals surface area contributed by atoms with Crippen molar-refractivity contribution in [1.29, 1.82) is 0 Å². The molecule has 2 aromatic carbocycles.